The van der Waals surface area contributed by atoms with E-state index in [1.807, 2.05) is 60.7 Å². The molecule has 0 saturated carbocycles. The second-order valence-electron chi connectivity index (χ2n) is 6.97. The summed E-state index contributed by atoms with van der Waals surface area (Å²) in [4.78, 5) is 12.7. The van der Waals surface area contributed by atoms with Crippen molar-refractivity contribution in [2.24, 2.45) is 0 Å². The molecule has 0 spiro atoms. The Morgan fingerprint density at radius 1 is 0.733 bits per heavy atom. The van der Waals surface area contributed by atoms with E-state index in [0.717, 1.165) is 11.1 Å². The minimum Gasteiger partial charge on any atom is -0.355 e. The van der Waals surface area contributed by atoms with Gasteiger partial charge in [-0.15, -0.1) is 0 Å². The molecule has 3 aromatic carbocycles. The molecule has 0 heterocycles. The van der Waals surface area contributed by atoms with Crippen molar-refractivity contribution in [3.05, 3.63) is 102 Å². The van der Waals surface area contributed by atoms with Crippen molar-refractivity contribution in [2.45, 2.75) is 17.7 Å². The van der Waals surface area contributed by atoms with Crippen molar-refractivity contribution in [1.82, 2.24) is 9.62 Å². The van der Waals surface area contributed by atoms with Crippen LogP contribution in [0.2, 0.25) is 0 Å². The Labute approximate surface area is 178 Å². The quantitative estimate of drug-likeness (QED) is 0.545. The van der Waals surface area contributed by atoms with Crippen molar-refractivity contribution in [3.63, 3.8) is 0 Å². The summed E-state index contributed by atoms with van der Waals surface area (Å²) in [6.45, 7) is 0.479. The summed E-state index contributed by atoms with van der Waals surface area (Å²) in [7, 11) is -3.77. The molecule has 1 N–H and O–H groups in total. The molecule has 0 unspecified atom stereocenters. The van der Waals surface area contributed by atoms with Gasteiger partial charge >= 0.3 is 0 Å². The van der Waals surface area contributed by atoms with Gasteiger partial charge in [-0.1, -0.05) is 78.9 Å². The summed E-state index contributed by atoms with van der Waals surface area (Å²) in [5.41, 5.74) is 2.14. The van der Waals surface area contributed by atoms with Crippen LogP contribution in [0.4, 0.5) is 0 Å². The van der Waals surface area contributed by atoms with Crippen LogP contribution < -0.4 is 5.32 Å². The van der Waals surface area contributed by atoms with E-state index in [-0.39, 0.29) is 23.9 Å². The first kappa shape index (κ1) is 21.7. The van der Waals surface area contributed by atoms with Crippen LogP contribution in [0, 0.1) is 0 Å². The first-order valence-corrected chi connectivity index (χ1v) is 11.4. The fourth-order valence-electron chi connectivity index (χ4n) is 3.13. The zero-order valence-electron chi connectivity index (χ0n) is 16.8. The number of amides is 1. The molecule has 0 aliphatic carbocycles. The predicted molar refractivity (Wildman–Crippen MR) is 119 cm³/mol. The number of rotatable bonds is 10. The molecule has 0 bridgehead atoms. The van der Waals surface area contributed by atoms with E-state index in [9.17, 15) is 13.2 Å². The summed E-state index contributed by atoms with van der Waals surface area (Å²) in [6, 6.07) is 27.7. The van der Waals surface area contributed by atoms with E-state index < -0.39 is 10.0 Å². The highest BCUT2D eigenvalue weighted by molar-refractivity contribution is 7.89. The normalized spacial score (nSPS) is 11.4. The van der Waals surface area contributed by atoms with E-state index in [0.29, 0.717) is 19.4 Å². The molecule has 0 atom stereocenters. The highest BCUT2D eigenvalue weighted by Gasteiger charge is 2.26. The van der Waals surface area contributed by atoms with Gasteiger partial charge in [-0.2, -0.15) is 4.31 Å². The van der Waals surface area contributed by atoms with Crippen molar-refractivity contribution in [2.75, 3.05) is 19.6 Å². The van der Waals surface area contributed by atoms with Gasteiger partial charge in [0.15, 0.2) is 0 Å². The lowest BCUT2D eigenvalue weighted by molar-refractivity contribution is -0.121. The van der Waals surface area contributed by atoms with Crippen LogP contribution in [-0.4, -0.2) is 38.3 Å². The number of benzene rings is 3. The van der Waals surface area contributed by atoms with Crippen LogP contribution >= 0.6 is 0 Å². The second-order valence-corrected chi connectivity index (χ2v) is 8.91. The molecule has 0 fully saturated rings. The molecular formula is C24H26N2O3S. The molecule has 0 radical (unpaired) electrons. The summed E-state index contributed by atoms with van der Waals surface area (Å²) in [6.07, 6.45) is 1.23. The Morgan fingerprint density at radius 2 is 1.23 bits per heavy atom. The topological polar surface area (TPSA) is 66.5 Å². The number of nitrogens with one attached hydrogen (secondary N) is 1. The largest absolute Gasteiger partial charge is 0.355 e. The maximum atomic E-state index is 13.1. The minimum atomic E-state index is -3.77. The molecule has 3 rings (SSSR count). The molecule has 156 valence electrons. The first-order valence-electron chi connectivity index (χ1n) is 9.95. The maximum absolute atomic E-state index is 13.1. The van der Waals surface area contributed by atoms with Crippen LogP contribution in [0.5, 0.6) is 0 Å². The SMILES string of the molecule is O=C(CN(CCc1ccccc1)S(=O)(=O)c1ccccc1)NCCc1ccccc1. The van der Waals surface area contributed by atoms with E-state index in [2.05, 4.69) is 5.32 Å². The van der Waals surface area contributed by atoms with E-state index in [4.69, 9.17) is 0 Å². The maximum Gasteiger partial charge on any atom is 0.243 e. The number of sulfonamides is 1. The van der Waals surface area contributed by atoms with Crippen LogP contribution in [0.25, 0.3) is 0 Å². The molecular weight excluding hydrogens is 396 g/mol. The minimum absolute atomic E-state index is 0.190. The van der Waals surface area contributed by atoms with E-state index >= 15 is 0 Å². The highest BCUT2D eigenvalue weighted by Crippen LogP contribution is 2.16. The molecule has 0 aliphatic heterocycles. The van der Waals surface area contributed by atoms with Gasteiger partial charge < -0.3 is 5.32 Å². The number of hydrogen-bond acceptors (Lipinski definition) is 3. The molecule has 30 heavy (non-hydrogen) atoms. The highest BCUT2D eigenvalue weighted by atomic mass is 32.2. The Balaban J connectivity index is 1.66. The van der Waals surface area contributed by atoms with Crippen LogP contribution in [0.15, 0.2) is 95.9 Å². The van der Waals surface area contributed by atoms with E-state index in [1.54, 1.807) is 30.3 Å². The van der Waals surface area contributed by atoms with E-state index in [1.165, 1.54) is 4.31 Å². The molecule has 0 aliphatic rings. The smallest absolute Gasteiger partial charge is 0.243 e. The molecule has 6 heteroatoms. The monoisotopic (exact) mass is 422 g/mol. The standard InChI is InChI=1S/C24H26N2O3S/c27-24(25-18-16-21-10-4-1-5-11-21)20-26(19-17-22-12-6-2-7-13-22)30(28,29)23-14-8-3-9-15-23/h1-15H,16-20H2,(H,25,27). The van der Waals surface area contributed by atoms with Gasteiger partial charge in [0.05, 0.1) is 11.4 Å². The van der Waals surface area contributed by atoms with Gasteiger partial charge in [0.25, 0.3) is 0 Å². The number of nitrogens with zero attached hydrogens (tertiary/aromatic N) is 1. The van der Waals surface area contributed by atoms with Crippen molar-refractivity contribution >= 4 is 15.9 Å². The average molecular weight is 423 g/mol. The molecule has 1 amide bonds. The van der Waals surface area contributed by atoms with Crippen LogP contribution in [0.3, 0.4) is 0 Å². The van der Waals surface area contributed by atoms with Gasteiger partial charge in [-0.25, -0.2) is 8.42 Å². The third-order valence-electron chi connectivity index (χ3n) is 4.77. The molecule has 5 nitrogen and oxygen atoms in total. The lowest BCUT2D eigenvalue weighted by atomic mass is 10.1. The lowest BCUT2D eigenvalue weighted by Crippen LogP contribution is -2.42. The lowest BCUT2D eigenvalue weighted by Gasteiger charge is -2.22. The molecule has 0 aromatic heterocycles. The molecule has 3 aromatic rings. The van der Waals surface area contributed by atoms with Gasteiger partial charge in [0.2, 0.25) is 15.9 Å². The predicted octanol–water partition coefficient (Wildman–Crippen LogP) is 3.28. The van der Waals surface area contributed by atoms with Gasteiger partial charge in [-0.05, 0) is 36.1 Å². The fraction of sp³-hybridized carbons (Fsp3) is 0.208. The number of carbonyl (C=O) groups is 1. The van der Waals surface area contributed by atoms with Crippen LogP contribution in [0.1, 0.15) is 11.1 Å². The second kappa shape index (κ2) is 10.7. The fourth-order valence-corrected chi connectivity index (χ4v) is 4.55. The van der Waals surface area contributed by atoms with Gasteiger partial charge in [0, 0.05) is 13.1 Å². The summed E-state index contributed by atoms with van der Waals surface area (Å²) in [5, 5.41) is 2.84. The Kier molecular flexibility index (Phi) is 7.76. The number of hydrogen-bond donors (Lipinski definition) is 1. The Hall–Kier alpha value is -2.96. The Morgan fingerprint density at radius 3 is 1.80 bits per heavy atom. The van der Waals surface area contributed by atoms with Crippen molar-refractivity contribution in [1.29, 1.82) is 0 Å². The summed E-state index contributed by atoms with van der Waals surface area (Å²) in [5.74, 6) is -0.307. The van der Waals surface area contributed by atoms with Gasteiger partial charge in [0.1, 0.15) is 0 Å². The van der Waals surface area contributed by atoms with Crippen molar-refractivity contribution < 1.29 is 13.2 Å². The third-order valence-corrected chi connectivity index (χ3v) is 6.63. The first-order chi connectivity index (χ1) is 14.6. The number of carbonyl (C=O) groups excluding carboxylic acids is 1. The van der Waals surface area contributed by atoms with Crippen molar-refractivity contribution in [3.8, 4) is 0 Å². The average Bonchev–Trinajstić information content (AvgIpc) is 2.78. The van der Waals surface area contributed by atoms with Gasteiger partial charge in [-0.3, -0.25) is 4.79 Å². The zero-order valence-corrected chi connectivity index (χ0v) is 17.6. The zero-order chi connectivity index (χ0) is 21.2. The third kappa shape index (κ3) is 6.27. The summed E-state index contributed by atoms with van der Waals surface area (Å²) >= 11 is 0. The van der Waals surface area contributed by atoms with Crippen LogP contribution in [-0.2, 0) is 27.7 Å². The Bertz CT molecular complexity index is 1020. The summed E-state index contributed by atoms with van der Waals surface area (Å²) < 4.78 is 27.5. The molecule has 0 saturated heterocycles.